The smallest absolute Gasteiger partial charge is 0.330 e. The predicted molar refractivity (Wildman–Crippen MR) is 68.9 cm³/mol. The molecule has 1 aromatic heterocycles. The first kappa shape index (κ1) is 15.6. The van der Waals surface area contributed by atoms with Crippen molar-refractivity contribution in [2.75, 3.05) is 19.8 Å². The molecule has 1 heterocycles. The van der Waals surface area contributed by atoms with Crippen LogP contribution in [0.1, 0.15) is 19.4 Å². The number of rotatable bonds is 8. The highest BCUT2D eigenvalue weighted by atomic mass is 16.5. The number of aliphatic hydroxyl groups excluding tert-OH is 1. The molecule has 1 rings (SSSR count). The van der Waals surface area contributed by atoms with Crippen molar-refractivity contribution in [3.05, 3.63) is 32.6 Å². The van der Waals surface area contributed by atoms with E-state index in [-0.39, 0.29) is 26.6 Å². The fourth-order valence-corrected chi connectivity index (χ4v) is 1.39. The second-order valence-corrected chi connectivity index (χ2v) is 4.55. The van der Waals surface area contributed by atoms with Gasteiger partial charge >= 0.3 is 5.69 Å². The van der Waals surface area contributed by atoms with Crippen LogP contribution in [-0.4, -0.2) is 34.5 Å². The van der Waals surface area contributed by atoms with Crippen molar-refractivity contribution in [2.45, 2.75) is 27.2 Å². The van der Waals surface area contributed by atoms with E-state index < -0.39 is 11.2 Å². The zero-order valence-corrected chi connectivity index (χ0v) is 11.2. The highest BCUT2D eigenvalue weighted by Crippen LogP contribution is 1.97. The van der Waals surface area contributed by atoms with Gasteiger partial charge in [-0.2, -0.15) is 0 Å². The van der Waals surface area contributed by atoms with Gasteiger partial charge in [0.2, 0.25) is 0 Å². The van der Waals surface area contributed by atoms with E-state index in [9.17, 15) is 9.59 Å². The van der Waals surface area contributed by atoms with E-state index in [0.29, 0.717) is 18.1 Å². The van der Waals surface area contributed by atoms with E-state index in [0.717, 1.165) is 0 Å². The van der Waals surface area contributed by atoms with Gasteiger partial charge in [0.1, 0.15) is 6.73 Å². The van der Waals surface area contributed by atoms with Crippen molar-refractivity contribution >= 4 is 0 Å². The number of ether oxygens (including phenoxy) is 2. The summed E-state index contributed by atoms with van der Waals surface area (Å²) in [5.41, 5.74) is -0.629. The molecule has 0 spiro atoms. The standard InChI is InChI=1S/C12H20N2O5/c1-9(2)6-19-7-10-5-14(8-18-4-3-15)12(17)13-11(10)16/h5,9,15H,3-4,6-8H2,1-2H3,(H,13,16,17). The molecular formula is C12H20N2O5. The topological polar surface area (TPSA) is 93.6 Å². The minimum absolute atomic E-state index is 0.0205. The summed E-state index contributed by atoms with van der Waals surface area (Å²) >= 11 is 0. The molecule has 0 aliphatic heterocycles. The quantitative estimate of drug-likeness (QED) is 0.632. The molecule has 7 heteroatoms. The molecule has 0 unspecified atom stereocenters. The SMILES string of the molecule is CC(C)COCc1cn(COCCO)c(=O)[nH]c1=O. The largest absolute Gasteiger partial charge is 0.394 e. The first-order valence-corrected chi connectivity index (χ1v) is 6.13. The molecule has 0 saturated heterocycles. The summed E-state index contributed by atoms with van der Waals surface area (Å²) in [4.78, 5) is 25.3. The van der Waals surface area contributed by atoms with Crippen molar-refractivity contribution in [2.24, 2.45) is 5.92 Å². The monoisotopic (exact) mass is 272 g/mol. The molecule has 0 aliphatic rings. The Kier molecular flexibility index (Phi) is 6.48. The maximum atomic E-state index is 11.6. The zero-order valence-electron chi connectivity index (χ0n) is 11.2. The number of nitrogens with one attached hydrogen (secondary N) is 1. The number of nitrogens with zero attached hydrogens (tertiary/aromatic N) is 1. The Morgan fingerprint density at radius 1 is 1.37 bits per heavy atom. The van der Waals surface area contributed by atoms with E-state index in [2.05, 4.69) is 4.98 Å². The van der Waals surface area contributed by atoms with Crippen LogP contribution in [-0.2, 0) is 22.8 Å². The highest BCUT2D eigenvalue weighted by Gasteiger charge is 2.05. The zero-order chi connectivity index (χ0) is 14.3. The number of hydrogen-bond acceptors (Lipinski definition) is 5. The van der Waals surface area contributed by atoms with Crippen LogP contribution in [0.2, 0.25) is 0 Å². The molecule has 1 aromatic rings. The Labute approximate surface area is 110 Å². The maximum Gasteiger partial charge on any atom is 0.330 e. The molecule has 0 fully saturated rings. The molecule has 0 aromatic carbocycles. The maximum absolute atomic E-state index is 11.6. The minimum atomic E-state index is -0.546. The molecule has 19 heavy (non-hydrogen) atoms. The fourth-order valence-electron chi connectivity index (χ4n) is 1.39. The van der Waals surface area contributed by atoms with Crippen LogP contribution >= 0.6 is 0 Å². The lowest BCUT2D eigenvalue weighted by atomic mass is 10.2. The molecule has 0 bridgehead atoms. The molecule has 0 saturated carbocycles. The number of hydrogen-bond donors (Lipinski definition) is 2. The summed E-state index contributed by atoms with van der Waals surface area (Å²) in [6.07, 6.45) is 1.42. The van der Waals surface area contributed by atoms with E-state index in [4.69, 9.17) is 14.6 Å². The molecular weight excluding hydrogens is 252 g/mol. The fraction of sp³-hybridized carbons (Fsp3) is 0.667. The summed E-state index contributed by atoms with van der Waals surface area (Å²) in [6, 6.07) is 0. The van der Waals surface area contributed by atoms with E-state index in [1.165, 1.54) is 10.8 Å². The predicted octanol–water partition coefficient (Wildman–Crippen LogP) is -0.324. The Morgan fingerprint density at radius 3 is 2.74 bits per heavy atom. The average Bonchev–Trinajstić information content (AvgIpc) is 2.34. The van der Waals surface area contributed by atoms with Crippen LogP contribution in [0.4, 0.5) is 0 Å². The summed E-state index contributed by atoms with van der Waals surface area (Å²) in [5.74, 6) is 0.373. The normalized spacial score (nSPS) is 11.2. The van der Waals surface area contributed by atoms with Gasteiger partial charge in [-0.25, -0.2) is 4.79 Å². The van der Waals surface area contributed by atoms with E-state index in [1.54, 1.807) is 0 Å². The number of aromatic nitrogens is 2. The van der Waals surface area contributed by atoms with Gasteiger partial charge in [0.05, 0.1) is 25.4 Å². The first-order chi connectivity index (χ1) is 9.04. The van der Waals surface area contributed by atoms with Gasteiger partial charge in [-0.3, -0.25) is 14.3 Å². The number of aliphatic hydroxyl groups is 1. The van der Waals surface area contributed by atoms with Gasteiger partial charge < -0.3 is 14.6 Å². The van der Waals surface area contributed by atoms with Gasteiger partial charge in [-0.05, 0) is 5.92 Å². The summed E-state index contributed by atoms with van der Waals surface area (Å²) < 4.78 is 11.6. The summed E-state index contributed by atoms with van der Waals surface area (Å²) in [7, 11) is 0. The van der Waals surface area contributed by atoms with Crippen LogP contribution in [0.15, 0.2) is 15.8 Å². The van der Waals surface area contributed by atoms with Crippen molar-refractivity contribution < 1.29 is 14.6 Å². The van der Waals surface area contributed by atoms with Gasteiger partial charge in [0.25, 0.3) is 5.56 Å². The minimum Gasteiger partial charge on any atom is -0.394 e. The number of H-pyrrole nitrogens is 1. The van der Waals surface area contributed by atoms with Crippen molar-refractivity contribution in [1.29, 1.82) is 0 Å². The Balaban J connectivity index is 2.72. The molecule has 0 aliphatic carbocycles. The molecule has 2 N–H and O–H groups in total. The molecule has 7 nitrogen and oxygen atoms in total. The van der Waals surface area contributed by atoms with Gasteiger partial charge in [0.15, 0.2) is 0 Å². The summed E-state index contributed by atoms with van der Waals surface area (Å²) in [6.45, 7) is 4.69. The van der Waals surface area contributed by atoms with Crippen molar-refractivity contribution in [3.8, 4) is 0 Å². The molecule has 108 valence electrons. The third-order valence-corrected chi connectivity index (χ3v) is 2.26. The van der Waals surface area contributed by atoms with Crippen LogP contribution in [0.3, 0.4) is 0 Å². The first-order valence-electron chi connectivity index (χ1n) is 6.13. The second-order valence-electron chi connectivity index (χ2n) is 4.55. The molecule has 0 atom stereocenters. The van der Waals surface area contributed by atoms with Gasteiger partial charge in [-0.1, -0.05) is 13.8 Å². The lowest BCUT2D eigenvalue weighted by Crippen LogP contribution is -2.32. The molecule has 0 radical (unpaired) electrons. The van der Waals surface area contributed by atoms with E-state index >= 15 is 0 Å². The second kappa shape index (κ2) is 7.88. The summed E-state index contributed by atoms with van der Waals surface area (Å²) in [5, 5.41) is 8.59. The Bertz CT molecular complexity index is 492. The van der Waals surface area contributed by atoms with Crippen LogP contribution in [0.5, 0.6) is 0 Å². The average molecular weight is 272 g/mol. The van der Waals surface area contributed by atoms with Crippen LogP contribution < -0.4 is 11.2 Å². The lowest BCUT2D eigenvalue weighted by Gasteiger charge is -2.09. The van der Waals surface area contributed by atoms with E-state index in [1.807, 2.05) is 13.8 Å². The third-order valence-electron chi connectivity index (χ3n) is 2.26. The van der Waals surface area contributed by atoms with Crippen LogP contribution in [0.25, 0.3) is 0 Å². The van der Waals surface area contributed by atoms with Crippen molar-refractivity contribution in [1.82, 2.24) is 9.55 Å². The Morgan fingerprint density at radius 2 is 2.11 bits per heavy atom. The highest BCUT2D eigenvalue weighted by molar-refractivity contribution is 5.02. The number of aromatic amines is 1. The van der Waals surface area contributed by atoms with Crippen molar-refractivity contribution in [3.63, 3.8) is 0 Å². The molecule has 0 amide bonds. The third kappa shape index (κ3) is 5.37. The Hall–Kier alpha value is -1.44. The van der Waals surface area contributed by atoms with Gasteiger partial charge in [-0.15, -0.1) is 0 Å². The van der Waals surface area contributed by atoms with Crippen LogP contribution in [0, 0.1) is 5.92 Å². The lowest BCUT2D eigenvalue weighted by molar-refractivity contribution is 0.0447. The van der Waals surface area contributed by atoms with Gasteiger partial charge in [0, 0.05) is 12.8 Å².